The third kappa shape index (κ3) is 2.71. The number of benzene rings is 1. The van der Waals surface area contributed by atoms with Crippen LogP contribution in [0.3, 0.4) is 0 Å². The monoisotopic (exact) mass is 303 g/mol. The van der Waals surface area contributed by atoms with E-state index in [1.807, 2.05) is 11.0 Å². The van der Waals surface area contributed by atoms with Crippen LogP contribution in [-0.4, -0.2) is 36.5 Å². The summed E-state index contributed by atoms with van der Waals surface area (Å²) in [7, 11) is 0. The van der Waals surface area contributed by atoms with Gasteiger partial charge in [0.1, 0.15) is 6.07 Å². The topological polar surface area (TPSA) is 47.3 Å². The van der Waals surface area contributed by atoms with Crippen molar-refractivity contribution in [1.82, 2.24) is 4.90 Å². The fourth-order valence-electron chi connectivity index (χ4n) is 3.39. The fourth-order valence-corrected chi connectivity index (χ4v) is 3.69. The number of nitriles is 1. The van der Waals surface area contributed by atoms with E-state index in [0.717, 1.165) is 44.6 Å². The lowest BCUT2D eigenvalue weighted by Gasteiger charge is -2.39. The number of para-hydroxylation sites is 1. The molecule has 2 heterocycles. The van der Waals surface area contributed by atoms with Gasteiger partial charge in [0, 0.05) is 32.1 Å². The van der Waals surface area contributed by atoms with Gasteiger partial charge >= 0.3 is 0 Å². The van der Waals surface area contributed by atoms with Gasteiger partial charge in [0.25, 0.3) is 0 Å². The van der Waals surface area contributed by atoms with E-state index in [1.165, 1.54) is 0 Å². The third-order valence-corrected chi connectivity index (χ3v) is 4.68. The lowest BCUT2D eigenvalue weighted by molar-refractivity contribution is -0.129. The van der Waals surface area contributed by atoms with E-state index in [9.17, 15) is 10.1 Å². The molecule has 2 fully saturated rings. The van der Waals surface area contributed by atoms with Crippen LogP contribution in [0.25, 0.3) is 0 Å². The van der Waals surface area contributed by atoms with E-state index in [4.69, 9.17) is 11.6 Å². The molecule has 1 unspecified atom stereocenters. The van der Waals surface area contributed by atoms with Crippen molar-refractivity contribution < 1.29 is 4.79 Å². The molecule has 2 saturated heterocycles. The molecule has 0 N–H and O–H groups in total. The van der Waals surface area contributed by atoms with Crippen LogP contribution >= 0.6 is 11.6 Å². The maximum Gasteiger partial charge on any atom is 0.222 e. The molecule has 110 valence electrons. The Bertz CT molecular complexity index is 596. The maximum atomic E-state index is 11.9. The highest BCUT2D eigenvalue weighted by molar-refractivity contribution is 6.33. The van der Waals surface area contributed by atoms with Crippen molar-refractivity contribution in [2.24, 2.45) is 0 Å². The van der Waals surface area contributed by atoms with Crippen molar-refractivity contribution in [3.8, 4) is 6.07 Å². The molecule has 21 heavy (non-hydrogen) atoms. The van der Waals surface area contributed by atoms with E-state index < -0.39 is 0 Å². The molecule has 1 atom stereocenters. The summed E-state index contributed by atoms with van der Waals surface area (Å²) in [6, 6.07) is 7.89. The largest absolute Gasteiger partial charge is 0.367 e. The van der Waals surface area contributed by atoms with Gasteiger partial charge in [-0.05, 0) is 31.4 Å². The molecule has 0 bridgehead atoms. The Morgan fingerprint density at radius 3 is 2.86 bits per heavy atom. The average Bonchev–Trinajstić information content (AvgIpc) is 2.93. The van der Waals surface area contributed by atoms with Crippen molar-refractivity contribution in [2.45, 2.75) is 31.7 Å². The number of carbonyl (C=O) groups excluding carboxylic acids is 1. The van der Waals surface area contributed by atoms with Gasteiger partial charge in [0.05, 0.1) is 16.3 Å². The highest BCUT2D eigenvalue weighted by Gasteiger charge is 2.32. The molecule has 1 amide bonds. The zero-order valence-electron chi connectivity index (χ0n) is 11.9. The Hall–Kier alpha value is -1.73. The zero-order valence-corrected chi connectivity index (χ0v) is 12.6. The van der Waals surface area contributed by atoms with Crippen LogP contribution in [0.15, 0.2) is 18.2 Å². The Kier molecular flexibility index (Phi) is 4.03. The van der Waals surface area contributed by atoms with E-state index in [1.54, 1.807) is 12.1 Å². The van der Waals surface area contributed by atoms with Crippen LogP contribution in [0.1, 0.15) is 31.2 Å². The van der Waals surface area contributed by atoms with Gasteiger partial charge in [-0.2, -0.15) is 5.26 Å². The molecule has 0 aliphatic carbocycles. The summed E-state index contributed by atoms with van der Waals surface area (Å²) in [5, 5.41) is 9.91. The summed E-state index contributed by atoms with van der Waals surface area (Å²) in [6.07, 6.45) is 3.69. The van der Waals surface area contributed by atoms with E-state index in [0.29, 0.717) is 17.0 Å². The number of rotatable bonds is 2. The third-order valence-electron chi connectivity index (χ3n) is 4.37. The first-order valence-corrected chi connectivity index (χ1v) is 7.81. The summed E-state index contributed by atoms with van der Waals surface area (Å²) in [4.78, 5) is 16.1. The molecule has 4 nitrogen and oxygen atoms in total. The number of amides is 1. The maximum absolute atomic E-state index is 11.9. The number of piperidine rings is 1. The van der Waals surface area contributed by atoms with Gasteiger partial charge in [0.15, 0.2) is 0 Å². The Labute approximate surface area is 129 Å². The molecular weight excluding hydrogens is 286 g/mol. The van der Waals surface area contributed by atoms with E-state index in [-0.39, 0.29) is 11.9 Å². The van der Waals surface area contributed by atoms with Crippen LogP contribution < -0.4 is 4.90 Å². The van der Waals surface area contributed by atoms with Gasteiger partial charge in [-0.25, -0.2) is 0 Å². The van der Waals surface area contributed by atoms with Crippen LogP contribution in [0.2, 0.25) is 5.02 Å². The minimum Gasteiger partial charge on any atom is -0.367 e. The lowest BCUT2D eigenvalue weighted by Crippen LogP contribution is -2.48. The Balaban J connectivity index is 1.84. The molecule has 1 aromatic rings. The SMILES string of the molecule is N#Cc1cccc(Cl)c1N1CCCC(N2CCCC2=O)C1. The molecule has 3 rings (SSSR count). The quantitative estimate of drug-likeness (QED) is 0.844. The number of carbonyl (C=O) groups is 1. The Morgan fingerprint density at radius 2 is 2.14 bits per heavy atom. The zero-order chi connectivity index (χ0) is 14.8. The molecular formula is C16H18ClN3O. The molecule has 0 radical (unpaired) electrons. The first kappa shape index (κ1) is 14.2. The highest BCUT2D eigenvalue weighted by Crippen LogP contribution is 2.33. The fraction of sp³-hybridized carbons (Fsp3) is 0.500. The van der Waals surface area contributed by atoms with E-state index in [2.05, 4.69) is 11.0 Å². The molecule has 1 aromatic carbocycles. The van der Waals surface area contributed by atoms with Gasteiger partial charge in [-0.1, -0.05) is 17.7 Å². The predicted molar refractivity (Wildman–Crippen MR) is 82.3 cm³/mol. The first-order valence-electron chi connectivity index (χ1n) is 7.43. The summed E-state index contributed by atoms with van der Waals surface area (Å²) in [5.41, 5.74) is 1.42. The standard InChI is InChI=1S/C16H18ClN3O/c17-14-6-1-4-12(10-18)16(14)19-8-2-5-13(11-19)20-9-3-7-15(20)21/h1,4,6,13H,2-3,5,7-9,11H2. The second-order valence-corrected chi connectivity index (χ2v) is 6.09. The number of likely N-dealkylation sites (tertiary alicyclic amines) is 1. The summed E-state index contributed by atoms with van der Waals surface area (Å²) >= 11 is 6.30. The molecule has 2 aliphatic heterocycles. The molecule has 0 spiro atoms. The molecule has 2 aliphatic rings. The van der Waals surface area contributed by atoms with Crippen molar-refractivity contribution >= 4 is 23.2 Å². The van der Waals surface area contributed by atoms with E-state index >= 15 is 0 Å². The highest BCUT2D eigenvalue weighted by atomic mass is 35.5. The van der Waals surface area contributed by atoms with Crippen molar-refractivity contribution in [2.75, 3.05) is 24.5 Å². The minimum absolute atomic E-state index is 0.247. The van der Waals surface area contributed by atoms with Gasteiger partial charge < -0.3 is 9.80 Å². The number of anilines is 1. The number of hydrogen-bond donors (Lipinski definition) is 0. The number of hydrogen-bond acceptors (Lipinski definition) is 3. The van der Waals surface area contributed by atoms with Crippen molar-refractivity contribution in [3.05, 3.63) is 28.8 Å². The van der Waals surface area contributed by atoms with Crippen LogP contribution in [0.5, 0.6) is 0 Å². The van der Waals surface area contributed by atoms with Crippen LogP contribution in [0, 0.1) is 11.3 Å². The lowest BCUT2D eigenvalue weighted by atomic mass is 10.0. The molecule has 0 saturated carbocycles. The predicted octanol–water partition coefficient (Wildman–Crippen LogP) is 2.80. The molecule has 5 heteroatoms. The summed E-state index contributed by atoms with van der Waals surface area (Å²) < 4.78 is 0. The number of nitrogens with zero attached hydrogens (tertiary/aromatic N) is 3. The van der Waals surface area contributed by atoms with Gasteiger partial charge in [0.2, 0.25) is 5.91 Å². The number of halogens is 1. The van der Waals surface area contributed by atoms with Crippen molar-refractivity contribution in [1.29, 1.82) is 5.26 Å². The molecule has 0 aromatic heterocycles. The summed E-state index contributed by atoms with van der Waals surface area (Å²) in [6.45, 7) is 2.52. The van der Waals surface area contributed by atoms with Crippen molar-refractivity contribution in [3.63, 3.8) is 0 Å². The average molecular weight is 304 g/mol. The second kappa shape index (κ2) is 5.95. The minimum atomic E-state index is 0.247. The van der Waals surface area contributed by atoms with Crippen LogP contribution in [0.4, 0.5) is 5.69 Å². The van der Waals surface area contributed by atoms with Crippen LogP contribution in [-0.2, 0) is 4.79 Å². The first-order chi connectivity index (χ1) is 10.2. The smallest absolute Gasteiger partial charge is 0.222 e. The Morgan fingerprint density at radius 1 is 1.29 bits per heavy atom. The second-order valence-electron chi connectivity index (χ2n) is 5.68. The normalized spacial score (nSPS) is 22.5. The summed E-state index contributed by atoms with van der Waals surface area (Å²) in [5.74, 6) is 0.265. The van der Waals surface area contributed by atoms with Gasteiger partial charge in [-0.3, -0.25) is 4.79 Å². The van der Waals surface area contributed by atoms with Gasteiger partial charge in [-0.15, -0.1) is 0 Å².